The molecule has 1 aliphatic rings. The molecular weight excluding hydrogens is 238 g/mol. The molecule has 1 aromatic rings. The molecule has 1 fully saturated rings. The predicted octanol–water partition coefficient (Wildman–Crippen LogP) is 2.65. The molecule has 0 aromatic heterocycles. The summed E-state index contributed by atoms with van der Waals surface area (Å²) in [6, 6.07) is 4.33. The molecule has 1 aromatic carbocycles. The van der Waals surface area contributed by atoms with Crippen LogP contribution in [0.2, 0.25) is 5.02 Å². The van der Waals surface area contributed by atoms with Gasteiger partial charge in [0.1, 0.15) is 11.5 Å². The maximum atomic E-state index is 6.08. The van der Waals surface area contributed by atoms with Crippen LogP contribution < -0.4 is 14.8 Å². The molecule has 0 spiro atoms. The molecule has 1 N–H and O–H groups in total. The third kappa shape index (κ3) is 2.85. The lowest BCUT2D eigenvalue weighted by molar-refractivity contribution is 0.396. The first-order chi connectivity index (χ1) is 8.24. The van der Waals surface area contributed by atoms with Gasteiger partial charge in [-0.3, -0.25) is 0 Å². The average Bonchev–Trinajstić information content (AvgIpc) is 2.83. The van der Waals surface area contributed by atoms with Crippen molar-refractivity contribution in [2.75, 3.05) is 20.8 Å². The first-order valence-electron chi connectivity index (χ1n) is 5.88. The molecule has 1 atom stereocenters. The Morgan fingerprint density at radius 2 is 2.06 bits per heavy atom. The molecule has 0 amide bonds. The van der Waals surface area contributed by atoms with Crippen molar-refractivity contribution in [2.45, 2.75) is 25.3 Å². The summed E-state index contributed by atoms with van der Waals surface area (Å²) in [7, 11) is 3.30. The first kappa shape index (κ1) is 12.5. The van der Waals surface area contributed by atoms with Gasteiger partial charge < -0.3 is 14.8 Å². The molecule has 3 nitrogen and oxygen atoms in total. The number of halogens is 1. The van der Waals surface area contributed by atoms with Crippen LogP contribution in [-0.2, 0) is 6.42 Å². The Hall–Kier alpha value is -0.930. The molecule has 1 unspecified atom stereocenters. The number of hydrogen-bond donors (Lipinski definition) is 1. The van der Waals surface area contributed by atoms with Crippen molar-refractivity contribution >= 4 is 11.6 Å². The van der Waals surface area contributed by atoms with Crippen LogP contribution in [0.25, 0.3) is 0 Å². The third-order valence-electron chi connectivity index (χ3n) is 3.18. The van der Waals surface area contributed by atoms with Crippen molar-refractivity contribution in [1.29, 1.82) is 0 Å². The molecule has 94 valence electrons. The SMILES string of the molecule is COc1cc(CC2CCCN2)c(OC)cc1Cl. The van der Waals surface area contributed by atoms with Gasteiger partial charge in [0.25, 0.3) is 0 Å². The summed E-state index contributed by atoms with van der Waals surface area (Å²) in [5, 5.41) is 4.07. The maximum absolute atomic E-state index is 6.08. The number of benzene rings is 1. The van der Waals surface area contributed by atoms with Crippen molar-refractivity contribution in [1.82, 2.24) is 5.32 Å². The molecule has 0 saturated carbocycles. The van der Waals surface area contributed by atoms with Gasteiger partial charge in [0.05, 0.1) is 19.2 Å². The minimum absolute atomic E-state index is 0.537. The topological polar surface area (TPSA) is 30.5 Å². The number of hydrogen-bond acceptors (Lipinski definition) is 3. The van der Waals surface area contributed by atoms with Crippen LogP contribution in [0.1, 0.15) is 18.4 Å². The number of rotatable bonds is 4. The molecular formula is C13H18ClNO2. The summed E-state index contributed by atoms with van der Waals surface area (Å²) in [4.78, 5) is 0. The molecule has 0 aliphatic carbocycles. The minimum atomic E-state index is 0.537. The van der Waals surface area contributed by atoms with E-state index in [1.165, 1.54) is 12.8 Å². The number of ether oxygens (including phenoxy) is 2. The largest absolute Gasteiger partial charge is 0.496 e. The summed E-state index contributed by atoms with van der Waals surface area (Å²) in [5.74, 6) is 1.55. The highest BCUT2D eigenvalue weighted by Gasteiger charge is 2.18. The van der Waals surface area contributed by atoms with E-state index in [0.29, 0.717) is 16.8 Å². The highest BCUT2D eigenvalue weighted by molar-refractivity contribution is 6.32. The summed E-state index contributed by atoms with van der Waals surface area (Å²) < 4.78 is 10.6. The maximum Gasteiger partial charge on any atom is 0.137 e. The highest BCUT2D eigenvalue weighted by Crippen LogP contribution is 2.33. The van der Waals surface area contributed by atoms with E-state index in [1.807, 2.05) is 12.1 Å². The van der Waals surface area contributed by atoms with Crippen molar-refractivity contribution in [2.24, 2.45) is 0 Å². The molecule has 2 rings (SSSR count). The van der Waals surface area contributed by atoms with Crippen LogP contribution in [0.15, 0.2) is 12.1 Å². The van der Waals surface area contributed by atoms with Gasteiger partial charge in [-0.15, -0.1) is 0 Å². The second kappa shape index (κ2) is 5.61. The fourth-order valence-corrected chi connectivity index (χ4v) is 2.51. The third-order valence-corrected chi connectivity index (χ3v) is 3.48. The predicted molar refractivity (Wildman–Crippen MR) is 69.3 cm³/mol. The van der Waals surface area contributed by atoms with Gasteiger partial charge in [0.15, 0.2) is 0 Å². The Balaban J connectivity index is 2.23. The second-order valence-corrected chi connectivity index (χ2v) is 4.70. The van der Waals surface area contributed by atoms with E-state index < -0.39 is 0 Å². The Labute approximate surface area is 107 Å². The quantitative estimate of drug-likeness (QED) is 0.897. The molecule has 0 radical (unpaired) electrons. The second-order valence-electron chi connectivity index (χ2n) is 4.30. The molecule has 17 heavy (non-hydrogen) atoms. The Morgan fingerprint density at radius 1 is 1.29 bits per heavy atom. The van der Waals surface area contributed by atoms with Crippen LogP contribution >= 0.6 is 11.6 Å². The molecule has 1 heterocycles. The normalized spacial score (nSPS) is 19.4. The van der Waals surface area contributed by atoms with E-state index >= 15 is 0 Å². The lowest BCUT2D eigenvalue weighted by Gasteiger charge is -2.15. The summed E-state index contributed by atoms with van der Waals surface area (Å²) >= 11 is 6.08. The zero-order chi connectivity index (χ0) is 12.3. The van der Waals surface area contributed by atoms with Crippen molar-refractivity contribution in [3.8, 4) is 11.5 Å². The van der Waals surface area contributed by atoms with Crippen LogP contribution in [0, 0.1) is 0 Å². The van der Waals surface area contributed by atoms with Crippen LogP contribution in [0.3, 0.4) is 0 Å². The van der Waals surface area contributed by atoms with Crippen molar-refractivity contribution in [3.05, 3.63) is 22.7 Å². The zero-order valence-electron chi connectivity index (χ0n) is 10.3. The molecule has 1 saturated heterocycles. The molecule has 1 aliphatic heterocycles. The standard InChI is InChI=1S/C13H18ClNO2/c1-16-12-8-11(14)13(17-2)7-9(12)6-10-4-3-5-15-10/h7-8,10,15H,3-6H2,1-2H3. The zero-order valence-corrected chi connectivity index (χ0v) is 11.0. The highest BCUT2D eigenvalue weighted by atomic mass is 35.5. The van der Waals surface area contributed by atoms with Gasteiger partial charge in [0, 0.05) is 12.1 Å². The van der Waals surface area contributed by atoms with E-state index in [4.69, 9.17) is 21.1 Å². The minimum Gasteiger partial charge on any atom is -0.496 e. The molecule has 4 heteroatoms. The number of methoxy groups -OCH3 is 2. The van der Waals surface area contributed by atoms with Crippen molar-refractivity contribution < 1.29 is 9.47 Å². The lowest BCUT2D eigenvalue weighted by Crippen LogP contribution is -2.23. The van der Waals surface area contributed by atoms with E-state index in [0.717, 1.165) is 24.3 Å². The smallest absolute Gasteiger partial charge is 0.137 e. The van der Waals surface area contributed by atoms with Crippen LogP contribution in [0.5, 0.6) is 11.5 Å². The Kier molecular flexibility index (Phi) is 4.13. The average molecular weight is 256 g/mol. The monoisotopic (exact) mass is 255 g/mol. The van der Waals surface area contributed by atoms with Crippen LogP contribution in [-0.4, -0.2) is 26.8 Å². The summed E-state index contributed by atoms with van der Waals surface area (Å²) in [5.41, 5.74) is 1.15. The van der Waals surface area contributed by atoms with Gasteiger partial charge in [-0.1, -0.05) is 11.6 Å². The van der Waals surface area contributed by atoms with Gasteiger partial charge in [-0.2, -0.15) is 0 Å². The van der Waals surface area contributed by atoms with Gasteiger partial charge in [-0.05, 0) is 37.4 Å². The van der Waals surface area contributed by atoms with E-state index in [9.17, 15) is 0 Å². The fourth-order valence-electron chi connectivity index (χ4n) is 2.28. The van der Waals surface area contributed by atoms with E-state index in [1.54, 1.807) is 14.2 Å². The fraction of sp³-hybridized carbons (Fsp3) is 0.538. The van der Waals surface area contributed by atoms with E-state index in [2.05, 4.69) is 5.32 Å². The Bertz CT molecular complexity index is 389. The summed E-state index contributed by atoms with van der Waals surface area (Å²) in [6.45, 7) is 1.11. The number of nitrogens with one attached hydrogen (secondary N) is 1. The summed E-state index contributed by atoms with van der Waals surface area (Å²) in [6.07, 6.45) is 3.42. The first-order valence-corrected chi connectivity index (χ1v) is 6.26. The van der Waals surface area contributed by atoms with Crippen molar-refractivity contribution in [3.63, 3.8) is 0 Å². The van der Waals surface area contributed by atoms with Gasteiger partial charge in [-0.25, -0.2) is 0 Å². The lowest BCUT2D eigenvalue weighted by atomic mass is 10.0. The van der Waals surface area contributed by atoms with E-state index in [-0.39, 0.29) is 0 Å². The van der Waals surface area contributed by atoms with Crippen LogP contribution in [0.4, 0.5) is 0 Å². The van der Waals surface area contributed by atoms with Gasteiger partial charge >= 0.3 is 0 Å². The van der Waals surface area contributed by atoms with Gasteiger partial charge in [0.2, 0.25) is 0 Å². The Morgan fingerprint density at radius 3 is 2.65 bits per heavy atom. The molecule has 0 bridgehead atoms.